The second-order valence-corrected chi connectivity index (χ2v) is 5.72. The molecule has 8 nitrogen and oxygen atoms in total. The molecule has 23 heavy (non-hydrogen) atoms. The van der Waals surface area contributed by atoms with Gasteiger partial charge in [-0.05, 0) is 33.9 Å². The van der Waals surface area contributed by atoms with E-state index in [1.165, 1.54) is 24.1 Å². The lowest BCUT2D eigenvalue weighted by Crippen LogP contribution is -2.30. The molecule has 1 atom stereocenters. The van der Waals surface area contributed by atoms with Crippen LogP contribution in [0.3, 0.4) is 0 Å². The van der Waals surface area contributed by atoms with Crippen LogP contribution in [0.15, 0.2) is 32.5 Å². The average Bonchev–Trinajstić information content (AvgIpc) is 2.97. The summed E-state index contributed by atoms with van der Waals surface area (Å²) in [4.78, 5) is 42.2. The number of H-pyrrole nitrogens is 1. The molecule has 0 amide bonds. The Hall–Kier alpha value is -2.28. The molecule has 2 heterocycles. The summed E-state index contributed by atoms with van der Waals surface area (Å²) in [5, 5.41) is 0. The molecule has 2 rings (SSSR count). The molecule has 0 radical (unpaired) electrons. The van der Waals surface area contributed by atoms with Gasteiger partial charge in [0.15, 0.2) is 5.52 Å². The molecule has 0 aliphatic carbocycles. The lowest BCUT2D eigenvalue weighted by atomic mass is 10.3. The van der Waals surface area contributed by atoms with Crippen molar-refractivity contribution in [3.8, 4) is 5.88 Å². The van der Waals surface area contributed by atoms with Gasteiger partial charge in [-0.2, -0.15) is 5.48 Å². The SMILES string of the molecule is CON[C@@H](C)C(=O)P=Cc1ccoc1-n1cc(C)c(=O)[nH]c1=O. The predicted octanol–water partition coefficient (Wildman–Crippen LogP) is 0.590. The van der Waals surface area contributed by atoms with Gasteiger partial charge in [0.25, 0.3) is 5.56 Å². The normalized spacial score (nSPS) is 12.7. The molecular weight excluding hydrogens is 321 g/mol. The quantitative estimate of drug-likeness (QED) is 0.590. The third-order valence-electron chi connectivity index (χ3n) is 3.01. The van der Waals surface area contributed by atoms with Crippen LogP contribution in [0.1, 0.15) is 18.1 Å². The monoisotopic (exact) mass is 337 g/mol. The van der Waals surface area contributed by atoms with Gasteiger partial charge in [-0.25, -0.2) is 9.36 Å². The van der Waals surface area contributed by atoms with Gasteiger partial charge in [-0.15, -0.1) is 0 Å². The summed E-state index contributed by atoms with van der Waals surface area (Å²) >= 11 is 0. The zero-order chi connectivity index (χ0) is 17.0. The van der Waals surface area contributed by atoms with Crippen molar-refractivity contribution in [3.63, 3.8) is 0 Å². The zero-order valence-corrected chi connectivity index (χ0v) is 13.7. The standard InChI is InChI=1S/C14H16N3O5P/c1-8-6-17(14(20)15-11(8)18)12-10(4-5-22-12)7-23-13(19)9(2)16-21-3/h4-7,9,16H,1-3H3,(H,15,18,20)/t9-/m0/s1. The largest absolute Gasteiger partial charge is 0.447 e. The predicted molar refractivity (Wildman–Crippen MR) is 86.4 cm³/mol. The summed E-state index contributed by atoms with van der Waals surface area (Å²) in [5.74, 6) is 1.86. The molecule has 0 saturated heterocycles. The Kier molecular flexibility index (Phi) is 5.44. The number of hydrogen-bond donors (Lipinski definition) is 2. The van der Waals surface area contributed by atoms with Gasteiger partial charge < -0.3 is 9.25 Å². The minimum Gasteiger partial charge on any atom is -0.447 e. The molecule has 0 aliphatic rings. The molecule has 2 aromatic heterocycles. The molecule has 0 fully saturated rings. The van der Waals surface area contributed by atoms with Crippen LogP contribution >= 0.6 is 8.20 Å². The van der Waals surface area contributed by atoms with Crippen molar-refractivity contribution >= 4 is 19.5 Å². The highest BCUT2D eigenvalue weighted by molar-refractivity contribution is 7.58. The molecule has 0 aromatic carbocycles. The van der Waals surface area contributed by atoms with E-state index in [0.717, 1.165) is 0 Å². The molecule has 122 valence electrons. The highest BCUT2D eigenvalue weighted by Gasteiger charge is 2.13. The van der Waals surface area contributed by atoms with Crippen LogP contribution in [0.25, 0.3) is 5.88 Å². The highest BCUT2D eigenvalue weighted by atomic mass is 31.1. The summed E-state index contributed by atoms with van der Waals surface area (Å²) in [6.07, 6.45) is 2.80. The van der Waals surface area contributed by atoms with E-state index in [1.54, 1.807) is 25.7 Å². The number of nitrogens with zero attached hydrogens (tertiary/aromatic N) is 1. The molecule has 0 bridgehead atoms. The second-order valence-electron chi connectivity index (χ2n) is 4.76. The first-order chi connectivity index (χ1) is 10.9. The Morgan fingerprint density at radius 2 is 2.26 bits per heavy atom. The molecule has 2 aromatic rings. The number of rotatable bonds is 6. The maximum atomic E-state index is 11.9. The molecule has 0 spiro atoms. The number of hydroxylamine groups is 1. The van der Waals surface area contributed by atoms with Crippen LogP contribution in [-0.4, -0.2) is 34.0 Å². The molecule has 0 saturated carbocycles. The van der Waals surface area contributed by atoms with Crippen LogP contribution in [-0.2, 0) is 9.63 Å². The molecule has 0 unspecified atom stereocenters. The van der Waals surface area contributed by atoms with E-state index in [1.807, 2.05) is 0 Å². The fraction of sp³-hybridized carbons (Fsp3) is 0.286. The minimum atomic E-state index is -0.609. The number of nitrogens with one attached hydrogen (secondary N) is 2. The van der Waals surface area contributed by atoms with Crippen LogP contribution in [0, 0.1) is 6.92 Å². The van der Waals surface area contributed by atoms with Gasteiger partial charge in [0.2, 0.25) is 5.88 Å². The Balaban J connectivity index is 2.34. The fourth-order valence-electron chi connectivity index (χ4n) is 1.80. The van der Waals surface area contributed by atoms with E-state index >= 15 is 0 Å². The van der Waals surface area contributed by atoms with Gasteiger partial charge in [0, 0.05) is 17.3 Å². The number of aryl methyl sites for hydroxylation is 1. The van der Waals surface area contributed by atoms with Gasteiger partial charge >= 0.3 is 5.69 Å². The van der Waals surface area contributed by atoms with Crippen molar-refractivity contribution in [3.05, 3.63) is 50.5 Å². The molecule has 0 aliphatic heterocycles. The smallest absolute Gasteiger partial charge is 0.335 e. The van der Waals surface area contributed by atoms with Crippen molar-refractivity contribution in [2.24, 2.45) is 0 Å². The number of carbonyl (C=O) groups excluding carboxylic acids is 1. The van der Waals surface area contributed by atoms with E-state index in [-0.39, 0.29) is 11.4 Å². The summed E-state index contributed by atoms with van der Waals surface area (Å²) in [6.45, 7) is 3.26. The maximum absolute atomic E-state index is 11.9. The van der Waals surface area contributed by atoms with Gasteiger partial charge in [-0.3, -0.25) is 14.6 Å². The molecule has 9 heteroatoms. The summed E-state index contributed by atoms with van der Waals surface area (Å²) < 4.78 is 6.51. The van der Waals surface area contributed by atoms with Crippen molar-refractivity contribution in [1.29, 1.82) is 0 Å². The lowest BCUT2D eigenvalue weighted by Gasteiger charge is -2.06. The van der Waals surface area contributed by atoms with E-state index in [4.69, 9.17) is 9.25 Å². The average molecular weight is 337 g/mol. The lowest BCUT2D eigenvalue weighted by molar-refractivity contribution is -0.115. The van der Waals surface area contributed by atoms with Crippen molar-refractivity contribution in [2.75, 3.05) is 7.11 Å². The van der Waals surface area contributed by atoms with Crippen molar-refractivity contribution < 1.29 is 14.0 Å². The number of aromatic amines is 1. The first-order valence-corrected chi connectivity index (χ1v) is 7.67. The van der Waals surface area contributed by atoms with Crippen LogP contribution in [0.4, 0.5) is 0 Å². The summed E-state index contributed by atoms with van der Waals surface area (Å²) in [6, 6.07) is 1.17. The third kappa shape index (κ3) is 3.92. The number of hydrogen-bond acceptors (Lipinski definition) is 6. The fourth-order valence-corrected chi connectivity index (χ4v) is 2.53. The van der Waals surface area contributed by atoms with Gasteiger partial charge in [0.1, 0.15) is 0 Å². The molecular formula is C14H16N3O5P. The zero-order valence-electron chi connectivity index (χ0n) is 12.8. The van der Waals surface area contributed by atoms with Crippen molar-refractivity contribution in [2.45, 2.75) is 19.9 Å². The van der Waals surface area contributed by atoms with Crippen LogP contribution in [0.5, 0.6) is 0 Å². The van der Waals surface area contributed by atoms with E-state index in [9.17, 15) is 14.4 Å². The van der Waals surface area contributed by atoms with Crippen LogP contribution in [0.2, 0.25) is 0 Å². The summed E-state index contributed by atoms with van der Waals surface area (Å²) in [7, 11) is 1.84. The Labute approximate surface area is 132 Å². The Morgan fingerprint density at radius 3 is 2.96 bits per heavy atom. The van der Waals surface area contributed by atoms with E-state index in [0.29, 0.717) is 19.3 Å². The third-order valence-corrected chi connectivity index (χ3v) is 4.06. The number of aromatic nitrogens is 2. The second kappa shape index (κ2) is 7.32. The topological polar surface area (TPSA) is 106 Å². The first kappa shape index (κ1) is 17.1. The minimum absolute atomic E-state index is 0.107. The van der Waals surface area contributed by atoms with Gasteiger partial charge in [-0.1, -0.05) is 0 Å². The van der Waals surface area contributed by atoms with Gasteiger partial charge in [0.05, 0.1) is 19.4 Å². The number of furan rings is 1. The van der Waals surface area contributed by atoms with E-state index in [2.05, 4.69) is 10.5 Å². The summed E-state index contributed by atoms with van der Waals surface area (Å²) in [5.41, 5.74) is 2.33. The van der Waals surface area contributed by atoms with Crippen molar-refractivity contribution in [1.82, 2.24) is 15.0 Å². The van der Waals surface area contributed by atoms with E-state index < -0.39 is 17.3 Å². The van der Waals surface area contributed by atoms with Crippen LogP contribution < -0.4 is 16.7 Å². The Bertz CT molecular complexity index is 849. The Morgan fingerprint density at radius 1 is 1.52 bits per heavy atom. The maximum Gasteiger partial charge on any atom is 0.335 e. The number of carbonyl (C=O) groups is 1. The first-order valence-electron chi connectivity index (χ1n) is 6.71. The molecule has 2 N–H and O–H groups in total. The highest BCUT2D eigenvalue weighted by Crippen LogP contribution is 2.15.